The summed E-state index contributed by atoms with van der Waals surface area (Å²) in [5.41, 5.74) is 7.89. The Bertz CT molecular complexity index is 1310. The summed E-state index contributed by atoms with van der Waals surface area (Å²) in [6.07, 6.45) is 1.02. The third-order valence-electron chi connectivity index (χ3n) is 6.18. The average molecular weight is 500 g/mol. The molecular formula is C27H25N5O5. The zero-order valence-corrected chi connectivity index (χ0v) is 19.9. The number of hydrogen-bond donors (Lipinski definition) is 2. The summed E-state index contributed by atoms with van der Waals surface area (Å²) in [5.74, 6) is -0.611. The maximum atomic E-state index is 12.5. The van der Waals surface area contributed by atoms with Gasteiger partial charge in [-0.1, -0.05) is 36.4 Å². The van der Waals surface area contributed by atoms with Gasteiger partial charge in [0.15, 0.2) is 6.61 Å². The van der Waals surface area contributed by atoms with E-state index in [1.165, 1.54) is 6.07 Å². The Kier molecular flexibility index (Phi) is 7.95. The van der Waals surface area contributed by atoms with Crippen LogP contribution in [0.4, 0.5) is 11.4 Å². The topological polar surface area (TPSA) is 138 Å². The van der Waals surface area contributed by atoms with Crippen molar-refractivity contribution < 1.29 is 19.2 Å². The zero-order chi connectivity index (χ0) is 26.2. The second-order valence-corrected chi connectivity index (χ2v) is 8.55. The Balaban J connectivity index is 1.20. The van der Waals surface area contributed by atoms with Crippen LogP contribution in [0.5, 0.6) is 5.75 Å². The van der Waals surface area contributed by atoms with Gasteiger partial charge < -0.3 is 9.64 Å². The van der Waals surface area contributed by atoms with Crippen LogP contribution >= 0.6 is 0 Å². The molecule has 0 spiro atoms. The number of nitro groups is 1. The average Bonchev–Trinajstić information content (AvgIpc) is 2.95. The fourth-order valence-corrected chi connectivity index (χ4v) is 4.17. The SMILES string of the molecule is N#Cc1ccc(-c2ccc(OCC(=O)NNC(=O)C3CCN(c4ccccc4[N+](=O)[O-])CC3)cc2)cc1. The molecule has 0 atom stereocenters. The Morgan fingerprint density at radius 3 is 2.22 bits per heavy atom. The summed E-state index contributed by atoms with van der Waals surface area (Å²) in [6, 6.07) is 23.0. The lowest BCUT2D eigenvalue weighted by molar-refractivity contribution is -0.384. The fourth-order valence-electron chi connectivity index (χ4n) is 4.17. The van der Waals surface area contributed by atoms with Crippen molar-refractivity contribution in [3.63, 3.8) is 0 Å². The molecule has 3 aromatic carbocycles. The van der Waals surface area contributed by atoms with Gasteiger partial charge in [0.05, 0.1) is 16.6 Å². The third-order valence-corrected chi connectivity index (χ3v) is 6.18. The summed E-state index contributed by atoms with van der Waals surface area (Å²) in [7, 11) is 0. The lowest BCUT2D eigenvalue weighted by atomic mass is 9.95. The fraction of sp³-hybridized carbons (Fsp3) is 0.222. The summed E-state index contributed by atoms with van der Waals surface area (Å²) >= 11 is 0. The van der Waals surface area contributed by atoms with Crippen molar-refractivity contribution in [2.24, 2.45) is 5.92 Å². The molecule has 10 nitrogen and oxygen atoms in total. The number of nitro benzene ring substituents is 1. The molecular weight excluding hydrogens is 474 g/mol. The van der Waals surface area contributed by atoms with E-state index in [1.807, 2.05) is 29.2 Å². The van der Waals surface area contributed by atoms with E-state index < -0.39 is 10.8 Å². The number of nitrogens with zero attached hydrogens (tertiary/aromatic N) is 3. The highest BCUT2D eigenvalue weighted by Gasteiger charge is 2.28. The molecule has 1 saturated heterocycles. The summed E-state index contributed by atoms with van der Waals surface area (Å²) < 4.78 is 5.50. The van der Waals surface area contributed by atoms with E-state index >= 15 is 0 Å². The van der Waals surface area contributed by atoms with Gasteiger partial charge in [0.25, 0.3) is 11.6 Å². The van der Waals surface area contributed by atoms with Gasteiger partial charge in [-0.2, -0.15) is 5.26 Å². The number of hydrazine groups is 1. The van der Waals surface area contributed by atoms with Gasteiger partial charge in [-0.3, -0.25) is 30.6 Å². The number of carbonyl (C=O) groups excluding carboxylic acids is 2. The van der Waals surface area contributed by atoms with Crippen LogP contribution in [0.25, 0.3) is 11.1 Å². The van der Waals surface area contributed by atoms with Crippen LogP contribution in [-0.4, -0.2) is 36.4 Å². The van der Waals surface area contributed by atoms with Crippen molar-refractivity contribution >= 4 is 23.2 Å². The van der Waals surface area contributed by atoms with Gasteiger partial charge in [0.2, 0.25) is 5.91 Å². The lowest BCUT2D eigenvalue weighted by Gasteiger charge is -2.32. The van der Waals surface area contributed by atoms with Crippen LogP contribution in [0, 0.1) is 27.4 Å². The molecule has 3 aromatic rings. The first-order valence-electron chi connectivity index (χ1n) is 11.7. The van der Waals surface area contributed by atoms with E-state index in [9.17, 15) is 19.7 Å². The molecule has 10 heteroatoms. The predicted molar refractivity (Wildman–Crippen MR) is 136 cm³/mol. The number of carbonyl (C=O) groups is 2. The van der Waals surface area contributed by atoms with Gasteiger partial charge >= 0.3 is 0 Å². The highest BCUT2D eigenvalue weighted by Crippen LogP contribution is 2.31. The molecule has 1 heterocycles. The van der Waals surface area contributed by atoms with Crippen LogP contribution in [0.15, 0.2) is 72.8 Å². The Morgan fingerprint density at radius 1 is 0.973 bits per heavy atom. The van der Waals surface area contributed by atoms with Crippen molar-refractivity contribution in [3.8, 4) is 22.9 Å². The maximum Gasteiger partial charge on any atom is 0.292 e. The molecule has 4 rings (SSSR count). The molecule has 188 valence electrons. The monoisotopic (exact) mass is 499 g/mol. The number of nitriles is 1. The molecule has 1 fully saturated rings. The van der Waals surface area contributed by atoms with Gasteiger partial charge in [0, 0.05) is 25.1 Å². The van der Waals surface area contributed by atoms with Crippen molar-refractivity contribution in [2.75, 3.05) is 24.6 Å². The van der Waals surface area contributed by atoms with Crippen molar-refractivity contribution in [3.05, 3.63) is 88.5 Å². The minimum Gasteiger partial charge on any atom is -0.484 e. The normalized spacial score (nSPS) is 13.3. The molecule has 0 aromatic heterocycles. The largest absolute Gasteiger partial charge is 0.484 e. The summed E-state index contributed by atoms with van der Waals surface area (Å²) in [6.45, 7) is 0.726. The number of piperidine rings is 1. The molecule has 2 N–H and O–H groups in total. The van der Waals surface area contributed by atoms with Gasteiger partial charge in [-0.25, -0.2) is 0 Å². The predicted octanol–water partition coefficient (Wildman–Crippen LogP) is 3.58. The van der Waals surface area contributed by atoms with Gasteiger partial charge in [-0.15, -0.1) is 0 Å². The van der Waals surface area contributed by atoms with E-state index in [-0.39, 0.29) is 24.1 Å². The third kappa shape index (κ3) is 6.41. The first-order chi connectivity index (χ1) is 17.9. The molecule has 0 aliphatic carbocycles. The zero-order valence-electron chi connectivity index (χ0n) is 19.9. The molecule has 0 radical (unpaired) electrons. The number of benzene rings is 3. The van der Waals surface area contributed by atoms with E-state index in [2.05, 4.69) is 16.9 Å². The second kappa shape index (κ2) is 11.7. The van der Waals surface area contributed by atoms with Crippen LogP contribution < -0.4 is 20.5 Å². The van der Waals surface area contributed by atoms with Crippen molar-refractivity contribution in [2.45, 2.75) is 12.8 Å². The van der Waals surface area contributed by atoms with E-state index in [0.29, 0.717) is 42.9 Å². The number of anilines is 1. The van der Waals surface area contributed by atoms with Gasteiger partial charge in [0.1, 0.15) is 11.4 Å². The molecule has 2 amide bonds. The Morgan fingerprint density at radius 2 is 1.59 bits per heavy atom. The Labute approximate surface area is 213 Å². The summed E-state index contributed by atoms with van der Waals surface area (Å²) in [4.78, 5) is 37.4. The molecule has 1 aliphatic heterocycles. The molecule has 0 saturated carbocycles. The van der Waals surface area contributed by atoms with Crippen LogP contribution in [0.2, 0.25) is 0 Å². The Hall–Kier alpha value is -4.91. The van der Waals surface area contributed by atoms with Crippen LogP contribution in [0.3, 0.4) is 0 Å². The van der Waals surface area contributed by atoms with E-state index in [0.717, 1.165) is 11.1 Å². The minimum absolute atomic E-state index is 0.0431. The second-order valence-electron chi connectivity index (χ2n) is 8.55. The minimum atomic E-state index is -0.498. The molecule has 1 aliphatic rings. The first kappa shape index (κ1) is 25.2. The van der Waals surface area contributed by atoms with E-state index in [1.54, 1.807) is 42.5 Å². The molecule has 0 bridgehead atoms. The van der Waals surface area contributed by atoms with Crippen molar-refractivity contribution in [1.82, 2.24) is 10.9 Å². The molecule has 37 heavy (non-hydrogen) atoms. The molecule has 0 unspecified atom stereocenters. The number of hydrogen-bond acceptors (Lipinski definition) is 7. The van der Waals surface area contributed by atoms with E-state index in [4.69, 9.17) is 10.00 Å². The van der Waals surface area contributed by atoms with Crippen LogP contribution in [-0.2, 0) is 9.59 Å². The first-order valence-corrected chi connectivity index (χ1v) is 11.7. The smallest absolute Gasteiger partial charge is 0.292 e. The number of para-hydroxylation sites is 2. The van der Waals surface area contributed by atoms with Gasteiger partial charge in [-0.05, 0) is 54.3 Å². The maximum absolute atomic E-state index is 12.5. The highest BCUT2D eigenvalue weighted by molar-refractivity contribution is 5.84. The number of ether oxygens (including phenoxy) is 1. The number of rotatable bonds is 7. The summed E-state index contributed by atoms with van der Waals surface area (Å²) in [5, 5.41) is 20.2. The highest BCUT2D eigenvalue weighted by atomic mass is 16.6. The van der Waals surface area contributed by atoms with Crippen LogP contribution in [0.1, 0.15) is 18.4 Å². The quantitative estimate of drug-likeness (QED) is 0.374. The lowest BCUT2D eigenvalue weighted by Crippen LogP contribution is -2.48. The van der Waals surface area contributed by atoms with Crippen molar-refractivity contribution in [1.29, 1.82) is 5.26 Å². The number of nitrogens with one attached hydrogen (secondary N) is 2. The standard InChI is InChI=1S/C27H25N5O5/c28-17-19-5-7-20(8-6-19)21-9-11-23(12-10-21)37-18-26(33)29-30-27(34)22-13-15-31(16-14-22)24-3-1-2-4-25(24)32(35)36/h1-12,22H,13-16,18H2,(H,29,33)(H,30,34). The number of amides is 2.